The number of benzene rings is 1. The van der Waals surface area contributed by atoms with Crippen LogP contribution >= 0.6 is 36.4 Å². The molecule has 1 aromatic carbocycles. The van der Waals surface area contributed by atoms with Crippen molar-refractivity contribution in [1.29, 1.82) is 0 Å². The fourth-order valence-electron chi connectivity index (χ4n) is 3.93. The van der Waals surface area contributed by atoms with E-state index in [2.05, 4.69) is 5.32 Å². The van der Waals surface area contributed by atoms with Gasteiger partial charge in [0, 0.05) is 35.1 Å². The summed E-state index contributed by atoms with van der Waals surface area (Å²) in [6, 6.07) is 7.69. The predicted molar refractivity (Wildman–Crippen MR) is 120 cm³/mol. The quantitative estimate of drug-likeness (QED) is 0.700. The van der Waals surface area contributed by atoms with Gasteiger partial charge in [-0.05, 0) is 75.9 Å². The minimum atomic E-state index is 0. The Labute approximate surface area is 184 Å². The number of rotatable bonds is 5. The van der Waals surface area contributed by atoms with Crippen LogP contribution in [0, 0.1) is 5.92 Å². The highest BCUT2D eigenvalue weighted by atomic mass is 35.5. The Morgan fingerprint density at radius 3 is 2.54 bits per heavy atom. The molecule has 0 radical (unpaired) electrons. The Bertz CT molecular complexity index is 818. The summed E-state index contributed by atoms with van der Waals surface area (Å²) in [6.07, 6.45) is 5.73. The molecule has 0 bridgehead atoms. The molecule has 2 heterocycles. The number of piperidine rings is 1. The van der Waals surface area contributed by atoms with Crippen molar-refractivity contribution < 1.29 is 4.79 Å². The first-order valence-corrected chi connectivity index (χ1v) is 10.1. The van der Waals surface area contributed by atoms with Gasteiger partial charge in [0.1, 0.15) is 0 Å². The lowest BCUT2D eigenvalue weighted by Crippen LogP contribution is -2.39. The van der Waals surface area contributed by atoms with E-state index in [1.54, 1.807) is 0 Å². The molecule has 1 aromatic heterocycles. The molecular weight excluding hydrogens is 417 g/mol. The number of halogens is 3. The molecule has 2 aromatic rings. The minimum absolute atomic E-state index is 0. The van der Waals surface area contributed by atoms with Crippen LogP contribution in [0.2, 0.25) is 5.02 Å². The van der Waals surface area contributed by atoms with Crippen LogP contribution in [0.4, 0.5) is 0 Å². The van der Waals surface area contributed by atoms with Crippen LogP contribution in [0.5, 0.6) is 0 Å². The van der Waals surface area contributed by atoms with Crippen molar-refractivity contribution in [3.63, 3.8) is 0 Å². The first kappa shape index (κ1) is 23.2. The highest BCUT2D eigenvalue weighted by Crippen LogP contribution is 2.40. The summed E-state index contributed by atoms with van der Waals surface area (Å²) < 4.78 is 0. The molecule has 28 heavy (non-hydrogen) atoms. The Morgan fingerprint density at radius 1 is 1.18 bits per heavy atom. The molecule has 7 heteroatoms. The summed E-state index contributed by atoms with van der Waals surface area (Å²) in [5.41, 5.74) is 2.71. The highest BCUT2D eigenvalue weighted by Gasteiger charge is 2.29. The molecule has 2 aliphatic rings. The smallest absolute Gasteiger partial charge is 0.254 e. The molecule has 0 atom stereocenters. The summed E-state index contributed by atoms with van der Waals surface area (Å²) in [5, 5.41) is 4.75. The van der Waals surface area contributed by atoms with E-state index >= 15 is 0 Å². The van der Waals surface area contributed by atoms with E-state index in [0.717, 1.165) is 60.6 Å². The number of likely N-dealkylation sites (tertiary alicyclic amines) is 1. The van der Waals surface area contributed by atoms with E-state index < -0.39 is 0 Å². The zero-order valence-corrected chi connectivity index (χ0v) is 18.5. The summed E-state index contributed by atoms with van der Waals surface area (Å²) in [6.45, 7) is 2.74. The molecular formula is C21H28Cl3N3O. The summed E-state index contributed by atoms with van der Waals surface area (Å²) in [7, 11) is 2.00. The summed E-state index contributed by atoms with van der Waals surface area (Å²) in [5.74, 6) is 1.37. The van der Waals surface area contributed by atoms with Crippen molar-refractivity contribution in [2.75, 3.05) is 26.7 Å². The van der Waals surface area contributed by atoms with Crippen molar-refractivity contribution in [1.82, 2.24) is 15.2 Å². The van der Waals surface area contributed by atoms with Crippen LogP contribution in [-0.2, 0) is 0 Å². The molecule has 1 saturated heterocycles. The maximum absolute atomic E-state index is 13.3. The molecule has 2 fully saturated rings. The lowest BCUT2D eigenvalue weighted by atomic mass is 9.93. The van der Waals surface area contributed by atoms with Gasteiger partial charge >= 0.3 is 0 Å². The Morgan fingerprint density at radius 2 is 1.89 bits per heavy atom. The molecule has 4 nitrogen and oxygen atoms in total. The Balaban J connectivity index is 0.00000140. The van der Waals surface area contributed by atoms with Gasteiger partial charge in [-0.25, -0.2) is 0 Å². The minimum Gasteiger partial charge on any atom is -0.339 e. The number of pyridine rings is 1. The second kappa shape index (κ2) is 10.1. The predicted octanol–water partition coefficient (Wildman–Crippen LogP) is 5.07. The van der Waals surface area contributed by atoms with Gasteiger partial charge in [0.15, 0.2) is 0 Å². The number of carbonyl (C=O) groups is 1. The third-order valence-corrected chi connectivity index (χ3v) is 5.96. The van der Waals surface area contributed by atoms with Crippen LogP contribution in [-0.4, -0.2) is 42.5 Å². The molecule has 1 aliphatic heterocycles. The van der Waals surface area contributed by atoms with Gasteiger partial charge in [0.2, 0.25) is 0 Å². The second-order valence-corrected chi connectivity index (χ2v) is 8.09. The van der Waals surface area contributed by atoms with Crippen molar-refractivity contribution in [2.45, 2.75) is 38.0 Å². The third-order valence-electron chi connectivity index (χ3n) is 5.72. The number of hydrogen-bond donors (Lipinski definition) is 1. The largest absolute Gasteiger partial charge is 0.339 e. The molecule has 154 valence electrons. The maximum Gasteiger partial charge on any atom is 0.254 e. The van der Waals surface area contributed by atoms with Crippen molar-refractivity contribution in [3.05, 3.63) is 40.5 Å². The number of hydrogen-bond acceptors (Lipinski definition) is 3. The van der Waals surface area contributed by atoms with Gasteiger partial charge < -0.3 is 10.2 Å². The van der Waals surface area contributed by atoms with E-state index in [1.165, 1.54) is 19.3 Å². The average Bonchev–Trinajstić information content (AvgIpc) is 3.51. The Hall–Kier alpha value is -1.07. The van der Waals surface area contributed by atoms with Gasteiger partial charge in [0.05, 0.1) is 11.1 Å². The van der Waals surface area contributed by atoms with E-state index in [-0.39, 0.29) is 30.7 Å². The summed E-state index contributed by atoms with van der Waals surface area (Å²) in [4.78, 5) is 20.1. The van der Waals surface area contributed by atoms with Crippen molar-refractivity contribution in [2.24, 2.45) is 5.92 Å². The number of fused-ring (bicyclic) bond motifs is 1. The lowest BCUT2D eigenvalue weighted by molar-refractivity contribution is 0.0689. The topological polar surface area (TPSA) is 45.2 Å². The Kier molecular flexibility index (Phi) is 8.38. The van der Waals surface area contributed by atoms with Crippen LogP contribution in [0.15, 0.2) is 24.3 Å². The standard InChI is InChI=1S/C21H26ClN3O.2ClH/c1-23-9-6-14-7-10-25(11-8-14)21(26)18-13-20(15-2-3-15)24-19-5-4-16(22)12-17(18)19;;/h4-5,12-15,23H,2-3,6-11H2,1H3;2*1H. The van der Waals surface area contributed by atoms with Gasteiger partial charge in [0.25, 0.3) is 5.91 Å². The molecule has 1 amide bonds. The fraction of sp³-hybridized carbons (Fsp3) is 0.524. The first-order valence-electron chi connectivity index (χ1n) is 9.70. The number of carbonyl (C=O) groups excluding carboxylic acids is 1. The van der Waals surface area contributed by atoms with Gasteiger partial charge in [-0.2, -0.15) is 0 Å². The third kappa shape index (κ3) is 5.10. The number of nitrogens with one attached hydrogen (secondary N) is 1. The SMILES string of the molecule is CNCCC1CCN(C(=O)c2cc(C3CC3)nc3ccc(Cl)cc23)CC1.Cl.Cl. The maximum atomic E-state index is 13.3. The van der Waals surface area contributed by atoms with Crippen LogP contribution in [0.3, 0.4) is 0 Å². The van der Waals surface area contributed by atoms with Gasteiger partial charge in [-0.15, -0.1) is 24.8 Å². The van der Waals surface area contributed by atoms with E-state index in [0.29, 0.717) is 10.9 Å². The molecule has 1 aliphatic carbocycles. The second-order valence-electron chi connectivity index (χ2n) is 7.66. The highest BCUT2D eigenvalue weighted by molar-refractivity contribution is 6.31. The molecule has 1 N–H and O–H groups in total. The molecule has 4 rings (SSSR count). The van der Waals surface area contributed by atoms with Crippen LogP contribution in [0.25, 0.3) is 10.9 Å². The van der Waals surface area contributed by atoms with Crippen molar-refractivity contribution in [3.8, 4) is 0 Å². The first-order chi connectivity index (χ1) is 12.7. The number of aromatic nitrogens is 1. The lowest BCUT2D eigenvalue weighted by Gasteiger charge is -2.32. The number of nitrogens with zero attached hydrogens (tertiary/aromatic N) is 2. The molecule has 1 saturated carbocycles. The summed E-state index contributed by atoms with van der Waals surface area (Å²) >= 11 is 6.20. The monoisotopic (exact) mass is 443 g/mol. The van der Waals surface area contributed by atoms with E-state index in [4.69, 9.17) is 16.6 Å². The average molecular weight is 445 g/mol. The normalized spacial score (nSPS) is 17.1. The zero-order chi connectivity index (χ0) is 18.1. The van der Waals surface area contributed by atoms with Crippen molar-refractivity contribution >= 4 is 53.2 Å². The van der Waals surface area contributed by atoms with Crippen LogP contribution < -0.4 is 5.32 Å². The zero-order valence-electron chi connectivity index (χ0n) is 16.1. The van der Waals surface area contributed by atoms with E-state index in [1.807, 2.05) is 36.2 Å². The van der Waals surface area contributed by atoms with Crippen LogP contribution in [0.1, 0.15) is 54.1 Å². The molecule has 0 spiro atoms. The van der Waals surface area contributed by atoms with Gasteiger partial charge in [-0.1, -0.05) is 11.6 Å². The van der Waals surface area contributed by atoms with E-state index in [9.17, 15) is 4.79 Å². The fourth-order valence-corrected chi connectivity index (χ4v) is 4.10. The van der Waals surface area contributed by atoms with Gasteiger partial charge in [-0.3, -0.25) is 9.78 Å². The molecule has 0 unspecified atom stereocenters. The number of amides is 1.